The molecule has 0 aliphatic carbocycles. The Bertz CT molecular complexity index is 1590. The van der Waals surface area contributed by atoms with Gasteiger partial charge in [0.25, 0.3) is 11.5 Å². The highest BCUT2D eigenvalue weighted by atomic mass is 32.2. The fourth-order valence-electron chi connectivity index (χ4n) is 5.29. The summed E-state index contributed by atoms with van der Waals surface area (Å²) in [7, 11) is 0. The topological polar surface area (TPSA) is 94.8 Å². The third-order valence-electron chi connectivity index (χ3n) is 7.31. The fraction of sp³-hybridized carbons (Fsp3) is 0.333. The molecule has 0 unspecified atom stereocenters. The Morgan fingerprint density at radius 2 is 1.85 bits per heavy atom. The van der Waals surface area contributed by atoms with E-state index in [0.29, 0.717) is 76.9 Å². The minimum Gasteiger partial charge on any atom is -0.454 e. The summed E-state index contributed by atoms with van der Waals surface area (Å²) < 4.78 is 24.5. The Balaban J connectivity index is 1.22. The second-order valence-corrected chi connectivity index (χ2v) is 11.3. The molecule has 3 saturated heterocycles. The zero-order chi connectivity index (χ0) is 26.6. The van der Waals surface area contributed by atoms with Crippen LogP contribution in [-0.2, 0) is 20.8 Å². The molecule has 12 heteroatoms. The van der Waals surface area contributed by atoms with Gasteiger partial charge in [-0.25, -0.2) is 4.98 Å². The highest BCUT2D eigenvalue weighted by Gasteiger charge is 2.41. The van der Waals surface area contributed by atoms with Gasteiger partial charge in [-0.15, -0.1) is 0 Å². The Morgan fingerprint density at radius 3 is 2.67 bits per heavy atom. The van der Waals surface area contributed by atoms with Crippen molar-refractivity contribution in [1.82, 2.24) is 14.3 Å². The summed E-state index contributed by atoms with van der Waals surface area (Å²) in [5.41, 5.74) is 1.51. The maximum Gasteiger partial charge on any atom is 0.267 e. The SMILES string of the molecule is O=C1C(=Cc2c(N3CCC4(CC3)OCCO4)nc3ccccn3c2=O)SC(=S)N1Cc1ccc2c(c1)OCO2. The van der Waals surface area contributed by atoms with E-state index in [0.717, 1.165) is 5.56 Å². The van der Waals surface area contributed by atoms with Crippen molar-refractivity contribution in [2.45, 2.75) is 25.2 Å². The molecule has 10 nitrogen and oxygen atoms in total. The van der Waals surface area contributed by atoms with Gasteiger partial charge in [-0.05, 0) is 35.9 Å². The number of hydrogen-bond donors (Lipinski definition) is 0. The maximum atomic E-state index is 13.7. The zero-order valence-corrected chi connectivity index (χ0v) is 22.5. The lowest BCUT2D eigenvalue weighted by molar-refractivity contribution is -0.169. The van der Waals surface area contributed by atoms with E-state index in [-0.39, 0.29) is 24.8 Å². The molecule has 3 aromatic rings. The largest absolute Gasteiger partial charge is 0.454 e. The number of carbonyl (C=O) groups excluding carboxylic acids is 1. The number of ether oxygens (including phenoxy) is 4. The summed E-state index contributed by atoms with van der Waals surface area (Å²) in [5.74, 6) is 1.05. The summed E-state index contributed by atoms with van der Waals surface area (Å²) in [4.78, 5) is 36.1. The average Bonchev–Trinajstić information content (AvgIpc) is 3.67. The van der Waals surface area contributed by atoms with E-state index in [1.54, 1.807) is 24.4 Å². The lowest BCUT2D eigenvalue weighted by Crippen LogP contribution is -2.46. The minimum atomic E-state index is -0.556. The first kappa shape index (κ1) is 24.6. The van der Waals surface area contributed by atoms with E-state index in [4.69, 9.17) is 36.1 Å². The number of thiocarbonyl (C=S) groups is 1. The van der Waals surface area contributed by atoms with Gasteiger partial charge >= 0.3 is 0 Å². The molecule has 3 fully saturated rings. The lowest BCUT2D eigenvalue weighted by atomic mass is 10.0. The number of fused-ring (bicyclic) bond motifs is 2. The van der Waals surface area contributed by atoms with Crippen LogP contribution in [0.15, 0.2) is 52.3 Å². The van der Waals surface area contributed by atoms with Crippen molar-refractivity contribution in [3.63, 3.8) is 0 Å². The Morgan fingerprint density at radius 1 is 1.05 bits per heavy atom. The van der Waals surface area contributed by atoms with Gasteiger partial charge in [0.15, 0.2) is 17.3 Å². The monoisotopic (exact) mass is 564 g/mol. The zero-order valence-electron chi connectivity index (χ0n) is 20.8. The summed E-state index contributed by atoms with van der Waals surface area (Å²) in [5, 5.41) is 0. The Labute approximate surface area is 233 Å². The normalized spacial score (nSPS) is 21.2. The summed E-state index contributed by atoms with van der Waals surface area (Å²) in [6.45, 7) is 2.87. The molecule has 1 amide bonds. The van der Waals surface area contributed by atoms with Crippen LogP contribution in [0.25, 0.3) is 11.7 Å². The van der Waals surface area contributed by atoms with Gasteiger partial charge in [0.1, 0.15) is 15.8 Å². The van der Waals surface area contributed by atoms with Crippen LogP contribution >= 0.6 is 24.0 Å². The van der Waals surface area contributed by atoms with Crippen LogP contribution in [0.4, 0.5) is 5.82 Å². The van der Waals surface area contributed by atoms with Crippen molar-refractivity contribution in [2.75, 3.05) is 38.0 Å². The molecule has 1 aromatic carbocycles. The smallest absolute Gasteiger partial charge is 0.267 e. The molecule has 4 aliphatic rings. The predicted octanol–water partition coefficient (Wildman–Crippen LogP) is 3.17. The fourth-order valence-corrected chi connectivity index (χ4v) is 6.53. The number of thioether (sulfide) groups is 1. The van der Waals surface area contributed by atoms with E-state index in [1.165, 1.54) is 21.1 Å². The number of aromatic nitrogens is 2. The highest BCUT2D eigenvalue weighted by Crippen LogP contribution is 2.38. The Hall–Kier alpha value is -3.45. The van der Waals surface area contributed by atoms with E-state index in [2.05, 4.69) is 4.90 Å². The molecule has 0 radical (unpaired) electrons. The number of amides is 1. The van der Waals surface area contributed by atoms with E-state index in [9.17, 15) is 9.59 Å². The predicted molar refractivity (Wildman–Crippen MR) is 149 cm³/mol. The van der Waals surface area contributed by atoms with Crippen LogP contribution in [0, 0.1) is 0 Å². The highest BCUT2D eigenvalue weighted by molar-refractivity contribution is 8.26. The van der Waals surface area contributed by atoms with Gasteiger partial charge < -0.3 is 23.8 Å². The molecule has 0 bridgehead atoms. The Kier molecular flexibility index (Phi) is 6.07. The first-order valence-electron chi connectivity index (χ1n) is 12.7. The van der Waals surface area contributed by atoms with E-state index < -0.39 is 5.79 Å². The molecule has 0 saturated carbocycles. The van der Waals surface area contributed by atoms with Gasteiger partial charge in [-0.2, -0.15) is 0 Å². The number of rotatable bonds is 4. The van der Waals surface area contributed by atoms with Crippen LogP contribution in [0.1, 0.15) is 24.0 Å². The van der Waals surface area contributed by atoms with Crippen LogP contribution in [0.2, 0.25) is 0 Å². The molecule has 6 heterocycles. The molecule has 4 aliphatic heterocycles. The molecule has 7 rings (SSSR count). The van der Waals surface area contributed by atoms with E-state index >= 15 is 0 Å². The third kappa shape index (κ3) is 4.37. The number of pyridine rings is 1. The van der Waals surface area contributed by atoms with Crippen molar-refractivity contribution in [3.05, 3.63) is 69.0 Å². The maximum absolute atomic E-state index is 13.7. The number of piperidine rings is 1. The molecule has 0 N–H and O–H groups in total. The minimum absolute atomic E-state index is 0.179. The first-order chi connectivity index (χ1) is 19.0. The second-order valence-electron chi connectivity index (χ2n) is 9.63. The van der Waals surface area contributed by atoms with Crippen molar-refractivity contribution < 1.29 is 23.7 Å². The van der Waals surface area contributed by atoms with Crippen molar-refractivity contribution in [3.8, 4) is 11.5 Å². The molecule has 2 aromatic heterocycles. The molecular formula is C27H24N4O6S2. The van der Waals surface area contributed by atoms with Crippen LogP contribution in [0.3, 0.4) is 0 Å². The van der Waals surface area contributed by atoms with Gasteiger partial charge in [-0.1, -0.05) is 36.1 Å². The quantitative estimate of drug-likeness (QED) is 0.347. The number of anilines is 1. The lowest BCUT2D eigenvalue weighted by Gasteiger charge is -2.38. The number of hydrogen-bond acceptors (Lipinski definition) is 10. The average molecular weight is 565 g/mol. The van der Waals surface area contributed by atoms with Gasteiger partial charge in [-0.3, -0.25) is 18.9 Å². The molecular weight excluding hydrogens is 540 g/mol. The molecule has 0 atom stereocenters. The molecule has 1 spiro atoms. The van der Waals surface area contributed by atoms with Crippen LogP contribution in [0.5, 0.6) is 11.5 Å². The second kappa shape index (κ2) is 9.63. The number of carbonyl (C=O) groups is 1. The molecule has 39 heavy (non-hydrogen) atoms. The third-order valence-corrected chi connectivity index (χ3v) is 8.69. The van der Waals surface area contributed by atoms with Gasteiger partial charge in [0.2, 0.25) is 6.79 Å². The first-order valence-corrected chi connectivity index (χ1v) is 13.9. The summed E-state index contributed by atoms with van der Waals surface area (Å²) >= 11 is 6.75. The van der Waals surface area contributed by atoms with Crippen LogP contribution in [-0.4, -0.2) is 63.4 Å². The summed E-state index contributed by atoms with van der Waals surface area (Å²) in [6, 6.07) is 11.0. The van der Waals surface area contributed by atoms with Crippen molar-refractivity contribution in [1.29, 1.82) is 0 Å². The standard InChI is InChI=1S/C27H24N4O6S2/c32-24-18(14-21-25(33)31(26(38)39-21)15-17-4-5-19-20(13-17)35-16-34-19)23(28-22-3-1-2-8-30(22)24)29-9-6-27(7-10-29)36-11-12-37-27/h1-5,8,13-14H,6-7,9-12,15-16H2. The van der Waals surface area contributed by atoms with Crippen LogP contribution < -0.4 is 19.9 Å². The van der Waals surface area contributed by atoms with Gasteiger partial charge in [0.05, 0.1) is 30.2 Å². The number of benzene rings is 1. The van der Waals surface area contributed by atoms with Crippen molar-refractivity contribution >= 4 is 51.7 Å². The summed E-state index contributed by atoms with van der Waals surface area (Å²) in [6.07, 6.45) is 4.65. The molecule has 200 valence electrons. The number of nitrogens with zero attached hydrogens (tertiary/aromatic N) is 4. The van der Waals surface area contributed by atoms with Crippen molar-refractivity contribution in [2.24, 2.45) is 0 Å². The van der Waals surface area contributed by atoms with Gasteiger partial charge in [0, 0.05) is 32.1 Å². The van der Waals surface area contributed by atoms with E-state index in [1.807, 2.05) is 24.3 Å².